The maximum absolute atomic E-state index is 13.5. The van der Waals surface area contributed by atoms with Crippen LogP contribution in [-0.4, -0.2) is 56.9 Å². The Morgan fingerprint density at radius 3 is 2.20 bits per heavy atom. The fourth-order valence-corrected chi connectivity index (χ4v) is 8.58. The summed E-state index contributed by atoms with van der Waals surface area (Å²) in [7, 11) is 0. The number of amides is 2. The molecule has 3 aromatic rings. The van der Waals surface area contributed by atoms with Gasteiger partial charge >= 0.3 is 5.97 Å². The van der Waals surface area contributed by atoms with Crippen LogP contribution < -0.4 is 5.32 Å². The van der Waals surface area contributed by atoms with E-state index in [9.17, 15) is 19.5 Å². The number of likely N-dealkylation sites (tertiary alicyclic amines) is 1. The molecule has 49 heavy (non-hydrogen) atoms. The normalized spacial score (nSPS) is 22.2. The second-order valence-corrected chi connectivity index (χ2v) is 16.5. The summed E-state index contributed by atoms with van der Waals surface area (Å²) in [6.07, 6.45) is 17.0. The van der Waals surface area contributed by atoms with Crippen LogP contribution in [0, 0.1) is 23.7 Å². The first-order valence-electron chi connectivity index (χ1n) is 18.0. The average molecular weight is 683 g/mol. The predicted molar refractivity (Wildman–Crippen MR) is 194 cm³/mol. The summed E-state index contributed by atoms with van der Waals surface area (Å²) in [5.41, 5.74) is 4.12. The molecule has 2 aliphatic carbocycles. The topological polar surface area (TPSA) is 112 Å². The minimum Gasteiger partial charge on any atom is -0.481 e. The van der Waals surface area contributed by atoms with Crippen molar-refractivity contribution in [1.29, 1.82) is 0 Å². The predicted octanol–water partition coefficient (Wildman–Crippen LogP) is 7.79. The number of hydrogen-bond donors (Lipinski definition) is 2. The minimum absolute atomic E-state index is 0.0859. The van der Waals surface area contributed by atoms with Gasteiger partial charge in [0.15, 0.2) is 5.82 Å². The number of aromatic nitrogens is 2. The van der Waals surface area contributed by atoms with Gasteiger partial charge in [-0.15, -0.1) is 11.3 Å². The maximum Gasteiger partial charge on any atom is 0.310 e. The van der Waals surface area contributed by atoms with Gasteiger partial charge in [0.25, 0.3) is 5.91 Å². The lowest BCUT2D eigenvalue weighted by atomic mass is 9.71. The van der Waals surface area contributed by atoms with Crippen LogP contribution >= 0.6 is 11.3 Å². The van der Waals surface area contributed by atoms with Crippen molar-refractivity contribution in [2.24, 2.45) is 23.7 Å². The van der Waals surface area contributed by atoms with E-state index in [2.05, 4.69) is 39.1 Å². The summed E-state index contributed by atoms with van der Waals surface area (Å²) < 4.78 is 0. The summed E-state index contributed by atoms with van der Waals surface area (Å²) in [6.45, 7) is 8.92. The number of aliphatic carboxylic acids is 1. The van der Waals surface area contributed by atoms with Crippen LogP contribution in [-0.2, 0) is 21.4 Å². The number of carboxylic acid groups (broad SMARTS) is 1. The van der Waals surface area contributed by atoms with Crippen molar-refractivity contribution in [3.8, 4) is 11.4 Å². The van der Waals surface area contributed by atoms with Crippen molar-refractivity contribution in [1.82, 2.24) is 20.2 Å². The van der Waals surface area contributed by atoms with Crippen molar-refractivity contribution in [3.05, 3.63) is 75.7 Å². The summed E-state index contributed by atoms with van der Waals surface area (Å²) in [5, 5.41) is 12.3. The lowest BCUT2D eigenvalue weighted by Gasteiger charge is -2.38. The Kier molecular flexibility index (Phi) is 10.7. The lowest BCUT2D eigenvalue weighted by Crippen LogP contribution is -2.59. The Hall–Kier alpha value is -3.85. The SMILES string of the molecule is CCC1CCC(C2CC=C(c3cnc(-c4ccc(CC(NC(=O)c5ccc(C(C)(C)C)s5)C(=O)N5CC(C(=O)O)C5)cc4)nc3)CC2)CC1. The fraction of sp³-hybridized carbons (Fsp3) is 0.525. The Labute approximate surface area is 294 Å². The highest BCUT2D eigenvalue weighted by Crippen LogP contribution is 2.41. The first kappa shape index (κ1) is 35.0. The smallest absolute Gasteiger partial charge is 0.310 e. The van der Waals surface area contributed by atoms with Gasteiger partial charge in [-0.2, -0.15) is 0 Å². The molecule has 3 heterocycles. The van der Waals surface area contributed by atoms with Crippen molar-refractivity contribution in [2.45, 2.75) is 96.9 Å². The summed E-state index contributed by atoms with van der Waals surface area (Å²) >= 11 is 1.42. The van der Waals surface area contributed by atoms with E-state index < -0.39 is 17.9 Å². The second kappa shape index (κ2) is 15.0. The zero-order chi connectivity index (χ0) is 34.7. The van der Waals surface area contributed by atoms with Gasteiger partial charge in [-0.1, -0.05) is 77.3 Å². The zero-order valence-electron chi connectivity index (χ0n) is 29.3. The van der Waals surface area contributed by atoms with Gasteiger partial charge < -0.3 is 15.3 Å². The molecule has 2 atom stereocenters. The van der Waals surface area contributed by atoms with Crippen LogP contribution in [0.1, 0.15) is 105 Å². The van der Waals surface area contributed by atoms with E-state index in [0.29, 0.717) is 10.7 Å². The van der Waals surface area contributed by atoms with Gasteiger partial charge in [0, 0.05) is 47.9 Å². The third-order valence-electron chi connectivity index (χ3n) is 11.0. The number of hydrogen-bond acceptors (Lipinski definition) is 6. The van der Waals surface area contributed by atoms with Gasteiger partial charge in [0.2, 0.25) is 5.91 Å². The largest absolute Gasteiger partial charge is 0.481 e. The fourth-order valence-electron chi connectivity index (χ4n) is 7.61. The molecule has 2 amide bonds. The molecule has 2 aromatic heterocycles. The zero-order valence-corrected chi connectivity index (χ0v) is 30.1. The molecule has 1 saturated heterocycles. The number of allylic oxidation sites excluding steroid dienone is 2. The molecule has 0 radical (unpaired) electrons. The van der Waals surface area contributed by atoms with Gasteiger partial charge in [0.1, 0.15) is 6.04 Å². The Morgan fingerprint density at radius 1 is 0.939 bits per heavy atom. The van der Waals surface area contributed by atoms with Gasteiger partial charge in [-0.05, 0) is 78.5 Å². The monoisotopic (exact) mass is 682 g/mol. The van der Waals surface area contributed by atoms with Crippen LogP contribution in [0.15, 0.2) is 54.9 Å². The van der Waals surface area contributed by atoms with E-state index in [1.165, 1.54) is 60.3 Å². The minimum atomic E-state index is -0.910. The number of carbonyl (C=O) groups is 3. The number of nitrogens with one attached hydrogen (secondary N) is 1. The Bertz CT molecular complexity index is 1660. The van der Waals surface area contributed by atoms with Crippen LogP contribution in [0.25, 0.3) is 17.0 Å². The number of rotatable bonds is 10. The highest BCUT2D eigenvalue weighted by molar-refractivity contribution is 7.14. The quantitative estimate of drug-likeness (QED) is 0.226. The number of carboxylic acids is 1. The first-order valence-corrected chi connectivity index (χ1v) is 18.8. The van der Waals surface area contributed by atoms with Gasteiger partial charge in [-0.3, -0.25) is 14.4 Å². The Morgan fingerprint density at radius 2 is 1.63 bits per heavy atom. The van der Waals surface area contributed by atoms with E-state index in [-0.39, 0.29) is 36.7 Å². The highest BCUT2D eigenvalue weighted by atomic mass is 32.1. The first-order chi connectivity index (χ1) is 23.5. The van der Waals surface area contributed by atoms with Crippen LogP contribution in [0.5, 0.6) is 0 Å². The number of benzene rings is 1. The molecule has 2 unspecified atom stereocenters. The third-order valence-corrected chi connectivity index (χ3v) is 12.5. The molecule has 6 rings (SSSR count). The highest BCUT2D eigenvalue weighted by Gasteiger charge is 2.39. The average Bonchev–Trinajstić information content (AvgIpc) is 3.60. The molecule has 1 aliphatic heterocycles. The van der Waals surface area contributed by atoms with Gasteiger partial charge in [0.05, 0.1) is 10.8 Å². The van der Waals surface area contributed by atoms with Crippen LogP contribution in [0.2, 0.25) is 0 Å². The van der Waals surface area contributed by atoms with Crippen LogP contribution in [0.3, 0.4) is 0 Å². The Balaban J connectivity index is 1.09. The molecule has 9 heteroatoms. The molecular formula is C40H50N4O4S. The van der Waals surface area contributed by atoms with Crippen molar-refractivity contribution >= 4 is 34.7 Å². The van der Waals surface area contributed by atoms with Crippen molar-refractivity contribution < 1.29 is 19.5 Å². The summed E-state index contributed by atoms with van der Waals surface area (Å²) in [6, 6.07) is 10.7. The molecule has 3 aliphatic rings. The van der Waals surface area contributed by atoms with Gasteiger partial charge in [-0.25, -0.2) is 9.97 Å². The molecule has 0 bridgehead atoms. The van der Waals surface area contributed by atoms with E-state index in [1.54, 1.807) is 6.07 Å². The van der Waals surface area contributed by atoms with E-state index in [1.807, 2.05) is 42.7 Å². The second-order valence-electron chi connectivity index (χ2n) is 15.4. The molecule has 0 spiro atoms. The standard InChI is InChI=1S/C40H50N4O4S/c1-5-25-6-10-27(11-7-25)28-14-16-29(17-15-28)31-21-41-36(42-22-31)30-12-8-26(9-13-30)20-33(38(46)44-23-32(24-44)39(47)48)43-37(45)34-18-19-35(49-34)40(2,3)4/h8-9,12-13,16,18-19,21-22,25,27-28,32-33H,5-7,10-11,14-15,17,20,23-24H2,1-4H3,(H,43,45)(H,47,48). The van der Waals surface area contributed by atoms with Crippen molar-refractivity contribution in [2.75, 3.05) is 13.1 Å². The molecule has 260 valence electrons. The van der Waals surface area contributed by atoms with E-state index >= 15 is 0 Å². The number of thiophene rings is 1. The molecule has 2 N–H and O–H groups in total. The summed E-state index contributed by atoms with van der Waals surface area (Å²) in [4.78, 5) is 50.7. The maximum atomic E-state index is 13.5. The molecule has 1 saturated carbocycles. The molecule has 2 fully saturated rings. The van der Waals surface area contributed by atoms with Crippen LogP contribution in [0.4, 0.5) is 0 Å². The molecular weight excluding hydrogens is 633 g/mol. The van der Waals surface area contributed by atoms with E-state index in [4.69, 9.17) is 9.97 Å². The third kappa shape index (κ3) is 8.31. The number of carbonyl (C=O) groups excluding carboxylic acids is 2. The lowest BCUT2D eigenvalue weighted by molar-refractivity contribution is -0.153. The number of nitrogens with zero attached hydrogens (tertiary/aromatic N) is 3. The molecule has 1 aromatic carbocycles. The van der Waals surface area contributed by atoms with E-state index in [0.717, 1.165) is 52.2 Å². The summed E-state index contributed by atoms with van der Waals surface area (Å²) in [5.74, 6) is 1.23. The molecule has 8 nitrogen and oxygen atoms in total. The van der Waals surface area contributed by atoms with Crippen molar-refractivity contribution in [3.63, 3.8) is 0 Å².